The number of ether oxygens (including phenoxy) is 1. The van der Waals surface area contributed by atoms with E-state index in [0.717, 1.165) is 24.4 Å². The summed E-state index contributed by atoms with van der Waals surface area (Å²) < 4.78 is 5.57. The molecule has 22 heavy (non-hydrogen) atoms. The van der Waals surface area contributed by atoms with Gasteiger partial charge in [-0.15, -0.1) is 11.8 Å². The summed E-state index contributed by atoms with van der Waals surface area (Å²) in [6, 6.07) is 8.39. The molecule has 0 aromatic heterocycles. The van der Waals surface area contributed by atoms with E-state index in [2.05, 4.69) is 41.8 Å². The molecule has 1 atom stereocenters. The molecular weight excluding hydrogens is 296 g/mol. The molecule has 122 valence electrons. The number of thioether (sulfide) groups is 1. The molecule has 0 bridgehead atoms. The molecule has 2 N–H and O–H groups in total. The molecule has 1 saturated heterocycles. The van der Waals surface area contributed by atoms with Crippen LogP contribution in [0.25, 0.3) is 0 Å². The van der Waals surface area contributed by atoms with Gasteiger partial charge in [0.15, 0.2) is 0 Å². The monoisotopic (exact) mass is 322 g/mol. The van der Waals surface area contributed by atoms with E-state index in [0.29, 0.717) is 12.8 Å². The van der Waals surface area contributed by atoms with E-state index in [4.69, 9.17) is 4.74 Å². The number of amides is 1. The van der Waals surface area contributed by atoms with Gasteiger partial charge in [-0.1, -0.05) is 19.1 Å². The van der Waals surface area contributed by atoms with Gasteiger partial charge in [0.05, 0.1) is 6.04 Å². The molecule has 1 fully saturated rings. The Morgan fingerprint density at radius 3 is 2.55 bits per heavy atom. The zero-order chi connectivity index (χ0) is 16.0. The van der Waals surface area contributed by atoms with Gasteiger partial charge in [-0.25, -0.2) is 0 Å². The average Bonchev–Trinajstić information content (AvgIpc) is 2.56. The molecule has 1 aliphatic heterocycles. The van der Waals surface area contributed by atoms with Gasteiger partial charge in [-0.3, -0.25) is 4.79 Å². The SMILES string of the molecule is CCSc1ccc(C(C)NC(=O)C2(OC)CCNCC2)cc1. The number of benzene rings is 1. The fourth-order valence-electron chi connectivity index (χ4n) is 2.79. The molecule has 1 aromatic carbocycles. The van der Waals surface area contributed by atoms with Crippen LogP contribution in [0, 0.1) is 0 Å². The van der Waals surface area contributed by atoms with Crippen molar-refractivity contribution in [2.24, 2.45) is 0 Å². The van der Waals surface area contributed by atoms with E-state index in [1.54, 1.807) is 7.11 Å². The Hall–Kier alpha value is -1.04. The van der Waals surface area contributed by atoms with Crippen molar-refractivity contribution in [3.05, 3.63) is 29.8 Å². The Labute approximate surface area is 137 Å². The first-order chi connectivity index (χ1) is 10.6. The third-order valence-corrected chi connectivity index (χ3v) is 5.15. The minimum absolute atomic E-state index is 0.00369. The second-order valence-electron chi connectivity index (χ2n) is 5.65. The second-order valence-corrected chi connectivity index (χ2v) is 6.98. The third-order valence-electron chi connectivity index (χ3n) is 4.25. The highest BCUT2D eigenvalue weighted by molar-refractivity contribution is 7.99. The lowest BCUT2D eigenvalue weighted by molar-refractivity contribution is -0.147. The van der Waals surface area contributed by atoms with Crippen LogP contribution in [0.5, 0.6) is 0 Å². The molecule has 0 saturated carbocycles. The first kappa shape index (κ1) is 17.3. The van der Waals surface area contributed by atoms with Crippen LogP contribution in [0.1, 0.15) is 38.3 Å². The summed E-state index contributed by atoms with van der Waals surface area (Å²) in [6.45, 7) is 5.80. The lowest BCUT2D eigenvalue weighted by atomic mass is 9.90. The lowest BCUT2D eigenvalue weighted by Gasteiger charge is -2.35. The number of carbonyl (C=O) groups excluding carboxylic acids is 1. The van der Waals surface area contributed by atoms with Crippen LogP contribution < -0.4 is 10.6 Å². The van der Waals surface area contributed by atoms with Gasteiger partial charge < -0.3 is 15.4 Å². The fraction of sp³-hybridized carbons (Fsp3) is 0.588. The third kappa shape index (κ3) is 4.03. The normalized spacial score (nSPS) is 18.7. The molecule has 5 heteroatoms. The fourth-order valence-corrected chi connectivity index (χ4v) is 3.45. The van der Waals surface area contributed by atoms with Crippen LogP contribution in [-0.2, 0) is 9.53 Å². The van der Waals surface area contributed by atoms with Crippen LogP contribution in [0.15, 0.2) is 29.2 Å². The van der Waals surface area contributed by atoms with Crippen LogP contribution in [0.4, 0.5) is 0 Å². The second kappa shape index (κ2) is 7.99. The Balaban J connectivity index is 2.00. The lowest BCUT2D eigenvalue weighted by Crippen LogP contribution is -2.54. The van der Waals surface area contributed by atoms with Crippen molar-refractivity contribution >= 4 is 17.7 Å². The topological polar surface area (TPSA) is 50.4 Å². The summed E-state index contributed by atoms with van der Waals surface area (Å²) in [5.74, 6) is 1.06. The van der Waals surface area contributed by atoms with Gasteiger partial charge in [-0.2, -0.15) is 0 Å². The van der Waals surface area contributed by atoms with Gasteiger partial charge >= 0.3 is 0 Å². The van der Waals surface area contributed by atoms with E-state index in [1.165, 1.54) is 4.90 Å². The molecule has 1 heterocycles. The van der Waals surface area contributed by atoms with E-state index >= 15 is 0 Å². The van der Waals surface area contributed by atoms with Gasteiger partial charge in [0.1, 0.15) is 5.60 Å². The maximum atomic E-state index is 12.6. The summed E-state index contributed by atoms with van der Waals surface area (Å²) in [7, 11) is 1.63. The molecule has 1 aliphatic rings. The van der Waals surface area contributed by atoms with Gasteiger partial charge in [-0.05, 0) is 56.3 Å². The number of hydrogen-bond donors (Lipinski definition) is 2. The molecule has 0 aliphatic carbocycles. The van der Waals surface area contributed by atoms with Crippen molar-refractivity contribution in [1.82, 2.24) is 10.6 Å². The van der Waals surface area contributed by atoms with Crippen molar-refractivity contribution in [3.63, 3.8) is 0 Å². The van der Waals surface area contributed by atoms with E-state index in [9.17, 15) is 4.79 Å². The van der Waals surface area contributed by atoms with Crippen molar-refractivity contribution in [1.29, 1.82) is 0 Å². The summed E-state index contributed by atoms with van der Waals surface area (Å²) in [5.41, 5.74) is 0.436. The van der Waals surface area contributed by atoms with Crippen molar-refractivity contribution in [2.75, 3.05) is 26.0 Å². The molecule has 1 amide bonds. The average molecular weight is 322 g/mol. The summed E-state index contributed by atoms with van der Waals surface area (Å²) >= 11 is 1.82. The van der Waals surface area contributed by atoms with Crippen LogP contribution >= 0.6 is 11.8 Å². The number of piperidine rings is 1. The molecular formula is C17H26N2O2S. The van der Waals surface area contributed by atoms with Crippen LogP contribution in [0.2, 0.25) is 0 Å². The number of nitrogens with one attached hydrogen (secondary N) is 2. The Morgan fingerprint density at radius 2 is 2.00 bits per heavy atom. The highest BCUT2D eigenvalue weighted by atomic mass is 32.2. The predicted molar refractivity (Wildman–Crippen MR) is 91.2 cm³/mol. The van der Waals surface area contributed by atoms with Crippen molar-refractivity contribution < 1.29 is 9.53 Å². The Morgan fingerprint density at radius 1 is 1.36 bits per heavy atom. The van der Waals surface area contributed by atoms with Crippen LogP contribution in [-0.4, -0.2) is 37.5 Å². The molecule has 1 unspecified atom stereocenters. The minimum Gasteiger partial charge on any atom is -0.368 e. The Kier molecular flexibility index (Phi) is 6.29. The largest absolute Gasteiger partial charge is 0.368 e. The molecule has 4 nitrogen and oxygen atoms in total. The number of rotatable bonds is 6. The Bertz CT molecular complexity index is 484. The number of carbonyl (C=O) groups is 1. The van der Waals surface area contributed by atoms with E-state index < -0.39 is 5.60 Å². The van der Waals surface area contributed by atoms with E-state index in [1.807, 2.05) is 18.7 Å². The standard InChI is InChI=1S/C17H26N2O2S/c1-4-22-15-7-5-14(6-8-15)13(2)19-16(20)17(21-3)9-11-18-12-10-17/h5-8,13,18H,4,9-12H2,1-3H3,(H,19,20). The molecule has 1 aromatic rings. The highest BCUT2D eigenvalue weighted by Gasteiger charge is 2.40. The summed E-state index contributed by atoms with van der Waals surface area (Å²) in [6.07, 6.45) is 1.43. The number of hydrogen-bond acceptors (Lipinski definition) is 4. The predicted octanol–water partition coefficient (Wildman–Crippen LogP) is 2.74. The van der Waals surface area contributed by atoms with Crippen LogP contribution in [0.3, 0.4) is 0 Å². The van der Waals surface area contributed by atoms with Gasteiger partial charge in [0.25, 0.3) is 5.91 Å². The molecule has 0 radical (unpaired) electrons. The van der Waals surface area contributed by atoms with Crippen molar-refractivity contribution in [2.45, 2.75) is 43.2 Å². The molecule has 0 spiro atoms. The zero-order valence-electron chi connectivity index (χ0n) is 13.6. The number of methoxy groups -OCH3 is 1. The smallest absolute Gasteiger partial charge is 0.252 e. The molecule has 2 rings (SSSR count). The summed E-state index contributed by atoms with van der Waals surface area (Å²) in [5, 5.41) is 6.38. The van der Waals surface area contributed by atoms with Gasteiger partial charge in [0, 0.05) is 12.0 Å². The zero-order valence-corrected chi connectivity index (χ0v) is 14.5. The highest BCUT2D eigenvalue weighted by Crippen LogP contribution is 2.25. The quantitative estimate of drug-likeness (QED) is 0.791. The first-order valence-corrected chi connectivity index (χ1v) is 8.89. The maximum absolute atomic E-state index is 12.6. The summed E-state index contributed by atoms with van der Waals surface area (Å²) in [4.78, 5) is 13.9. The minimum atomic E-state index is -0.683. The van der Waals surface area contributed by atoms with Gasteiger partial charge in [0.2, 0.25) is 0 Å². The van der Waals surface area contributed by atoms with Crippen molar-refractivity contribution in [3.8, 4) is 0 Å². The van der Waals surface area contributed by atoms with E-state index in [-0.39, 0.29) is 11.9 Å². The maximum Gasteiger partial charge on any atom is 0.252 e. The first-order valence-electron chi connectivity index (χ1n) is 7.91.